The average Bonchev–Trinajstić information content (AvgIpc) is 3.03. The fourth-order valence-electron chi connectivity index (χ4n) is 3.06. The monoisotopic (exact) mass is 306 g/mol. The van der Waals surface area contributed by atoms with Crippen molar-refractivity contribution in [3.05, 3.63) is 29.0 Å². The first kappa shape index (κ1) is 13.1. The van der Waals surface area contributed by atoms with Gasteiger partial charge in [-0.1, -0.05) is 17.7 Å². The number of aromatic nitrogens is 2. The van der Waals surface area contributed by atoms with Crippen molar-refractivity contribution in [1.29, 1.82) is 0 Å². The van der Waals surface area contributed by atoms with Gasteiger partial charge in [-0.05, 0) is 37.8 Å². The standard InChI is InChI=1S/C15H15ClN2O3/c16-9-2-1-3-10-13(9)18(8-4-5-8)14(17-10)11-6-7-12(21-11)15(19)20/h1-3,8,11-12H,4-7H2,(H,19,20). The lowest BCUT2D eigenvalue weighted by molar-refractivity contribution is -0.149. The van der Waals surface area contributed by atoms with E-state index in [0.717, 1.165) is 29.7 Å². The van der Waals surface area contributed by atoms with Crippen LogP contribution < -0.4 is 0 Å². The molecule has 5 nitrogen and oxygen atoms in total. The van der Waals surface area contributed by atoms with Crippen LogP contribution in [0, 0.1) is 0 Å². The van der Waals surface area contributed by atoms with Gasteiger partial charge in [0.15, 0.2) is 6.10 Å². The van der Waals surface area contributed by atoms with E-state index >= 15 is 0 Å². The van der Waals surface area contributed by atoms with Crippen LogP contribution >= 0.6 is 11.6 Å². The molecule has 110 valence electrons. The molecule has 4 rings (SSSR count). The van der Waals surface area contributed by atoms with Crippen LogP contribution in [-0.2, 0) is 9.53 Å². The van der Waals surface area contributed by atoms with Gasteiger partial charge in [-0.25, -0.2) is 9.78 Å². The van der Waals surface area contributed by atoms with Gasteiger partial charge in [-0.15, -0.1) is 0 Å². The second kappa shape index (κ2) is 4.71. The van der Waals surface area contributed by atoms with Gasteiger partial charge >= 0.3 is 5.97 Å². The van der Waals surface area contributed by atoms with Gasteiger partial charge < -0.3 is 14.4 Å². The number of ether oxygens (including phenoxy) is 1. The summed E-state index contributed by atoms with van der Waals surface area (Å²) < 4.78 is 7.83. The number of halogens is 1. The van der Waals surface area contributed by atoms with E-state index in [1.807, 2.05) is 18.2 Å². The third kappa shape index (κ3) is 2.12. The number of imidazole rings is 1. The van der Waals surface area contributed by atoms with Crippen molar-refractivity contribution in [1.82, 2.24) is 9.55 Å². The maximum Gasteiger partial charge on any atom is 0.332 e. The SMILES string of the molecule is O=C(O)C1CCC(c2nc3cccc(Cl)c3n2C2CC2)O1. The second-order valence-electron chi connectivity index (χ2n) is 5.71. The molecule has 1 saturated heterocycles. The number of benzene rings is 1. The van der Waals surface area contributed by atoms with Gasteiger partial charge in [-0.3, -0.25) is 0 Å². The molecule has 1 saturated carbocycles. The van der Waals surface area contributed by atoms with Gasteiger partial charge in [0.2, 0.25) is 0 Å². The molecule has 1 aromatic carbocycles. The molecule has 0 spiro atoms. The van der Waals surface area contributed by atoms with E-state index in [0.29, 0.717) is 23.9 Å². The molecular weight excluding hydrogens is 292 g/mol. The summed E-state index contributed by atoms with van der Waals surface area (Å²) in [6, 6.07) is 6.10. The Balaban J connectivity index is 1.80. The molecule has 2 aromatic rings. The Morgan fingerprint density at radius 3 is 2.81 bits per heavy atom. The van der Waals surface area contributed by atoms with Crippen molar-refractivity contribution in [2.75, 3.05) is 0 Å². The molecule has 0 radical (unpaired) electrons. The Morgan fingerprint density at radius 2 is 2.14 bits per heavy atom. The van der Waals surface area contributed by atoms with Gasteiger partial charge in [-0.2, -0.15) is 0 Å². The highest BCUT2D eigenvalue weighted by atomic mass is 35.5. The summed E-state index contributed by atoms with van der Waals surface area (Å²) in [5.74, 6) is -0.0750. The number of nitrogens with zero attached hydrogens (tertiary/aromatic N) is 2. The van der Waals surface area contributed by atoms with Crippen molar-refractivity contribution in [2.45, 2.75) is 43.9 Å². The lowest BCUT2D eigenvalue weighted by Gasteiger charge is -2.14. The minimum atomic E-state index is -0.899. The summed E-state index contributed by atoms with van der Waals surface area (Å²) in [5.41, 5.74) is 1.80. The minimum Gasteiger partial charge on any atom is -0.479 e. The Labute approximate surface area is 126 Å². The lowest BCUT2D eigenvalue weighted by Crippen LogP contribution is -2.19. The molecule has 0 amide bonds. The van der Waals surface area contributed by atoms with Crippen molar-refractivity contribution in [3.8, 4) is 0 Å². The van der Waals surface area contributed by atoms with Gasteiger partial charge in [0.1, 0.15) is 11.9 Å². The number of hydrogen-bond donors (Lipinski definition) is 1. The Bertz CT molecular complexity index is 723. The molecule has 2 fully saturated rings. The largest absolute Gasteiger partial charge is 0.479 e. The first-order valence-electron chi connectivity index (χ1n) is 7.20. The van der Waals surface area contributed by atoms with Crippen molar-refractivity contribution in [2.24, 2.45) is 0 Å². The molecule has 2 unspecified atom stereocenters. The summed E-state index contributed by atoms with van der Waals surface area (Å²) in [4.78, 5) is 15.7. The highest BCUT2D eigenvalue weighted by Crippen LogP contribution is 2.44. The molecule has 1 aliphatic carbocycles. The molecule has 1 aliphatic heterocycles. The number of carboxylic acids is 1. The van der Waals surface area contributed by atoms with Crippen molar-refractivity contribution < 1.29 is 14.6 Å². The van der Waals surface area contributed by atoms with Crippen LogP contribution in [0.15, 0.2) is 18.2 Å². The molecule has 2 aliphatic rings. The number of rotatable bonds is 3. The summed E-state index contributed by atoms with van der Waals surface area (Å²) >= 11 is 6.34. The number of aliphatic carboxylic acids is 1. The molecule has 1 N–H and O–H groups in total. The van der Waals surface area contributed by atoms with Crippen LogP contribution in [0.5, 0.6) is 0 Å². The van der Waals surface area contributed by atoms with Gasteiger partial charge in [0.25, 0.3) is 0 Å². The topological polar surface area (TPSA) is 64.3 Å². The fourth-order valence-corrected chi connectivity index (χ4v) is 3.32. The Kier molecular flexibility index (Phi) is 2.94. The van der Waals surface area contributed by atoms with Crippen LogP contribution in [0.4, 0.5) is 0 Å². The molecular formula is C15H15ClN2O3. The van der Waals surface area contributed by atoms with Crippen molar-refractivity contribution in [3.63, 3.8) is 0 Å². The van der Waals surface area contributed by atoms with Crippen LogP contribution in [0.2, 0.25) is 5.02 Å². The summed E-state index contributed by atoms with van der Waals surface area (Å²) in [6.07, 6.45) is 2.46. The third-order valence-electron chi connectivity index (χ3n) is 4.18. The third-order valence-corrected chi connectivity index (χ3v) is 4.49. The number of para-hydroxylation sites is 1. The normalized spacial score (nSPS) is 25.6. The summed E-state index contributed by atoms with van der Waals surface area (Å²) in [5, 5.41) is 9.77. The maximum atomic E-state index is 11.1. The number of hydrogen-bond acceptors (Lipinski definition) is 3. The van der Waals surface area contributed by atoms with Gasteiger partial charge in [0, 0.05) is 6.04 Å². The van der Waals surface area contributed by atoms with Crippen molar-refractivity contribution >= 4 is 28.6 Å². The zero-order chi connectivity index (χ0) is 14.6. The van der Waals surface area contributed by atoms with E-state index in [2.05, 4.69) is 9.55 Å². The average molecular weight is 307 g/mol. The maximum absolute atomic E-state index is 11.1. The number of fused-ring (bicyclic) bond motifs is 1. The minimum absolute atomic E-state index is 0.254. The first-order valence-corrected chi connectivity index (χ1v) is 7.57. The van der Waals surface area contributed by atoms with E-state index in [1.165, 1.54) is 0 Å². The molecule has 2 heterocycles. The van der Waals surface area contributed by atoms with Crippen LogP contribution in [0.1, 0.15) is 43.7 Å². The fraction of sp³-hybridized carbons (Fsp3) is 0.467. The molecule has 2 atom stereocenters. The second-order valence-corrected chi connectivity index (χ2v) is 6.11. The van der Waals surface area contributed by atoms with Crippen LogP contribution in [0.25, 0.3) is 11.0 Å². The van der Waals surface area contributed by atoms with E-state index < -0.39 is 12.1 Å². The van der Waals surface area contributed by atoms with Gasteiger partial charge in [0.05, 0.1) is 16.1 Å². The molecule has 0 bridgehead atoms. The Hall–Kier alpha value is -1.59. The molecule has 6 heteroatoms. The first-order chi connectivity index (χ1) is 10.1. The highest BCUT2D eigenvalue weighted by molar-refractivity contribution is 6.35. The van der Waals surface area contributed by atoms with E-state index in [9.17, 15) is 4.79 Å². The smallest absolute Gasteiger partial charge is 0.332 e. The predicted octanol–water partition coefficient (Wildman–Crippen LogP) is 3.33. The number of carbonyl (C=O) groups is 1. The van der Waals surface area contributed by atoms with E-state index in [1.54, 1.807) is 0 Å². The zero-order valence-corrected chi connectivity index (χ0v) is 12.1. The Morgan fingerprint density at radius 1 is 1.33 bits per heavy atom. The number of carboxylic acid groups (broad SMARTS) is 1. The molecule has 21 heavy (non-hydrogen) atoms. The molecule has 1 aromatic heterocycles. The van der Waals surface area contributed by atoms with E-state index in [-0.39, 0.29) is 6.10 Å². The zero-order valence-electron chi connectivity index (χ0n) is 11.3. The highest BCUT2D eigenvalue weighted by Gasteiger charge is 2.37. The summed E-state index contributed by atoms with van der Waals surface area (Å²) in [7, 11) is 0. The predicted molar refractivity (Wildman–Crippen MR) is 77.5 cm³/mol. The summed E-state index contributed by atoms with van der Waals surface area (Å²) in [6.45, 7) is 0. The lowest BCUT2D eigenvalue weighted by atomic mass is 10.2. The van der Waals surface area contributed by atoms with E-state index in [4.69, 9.17) is 21.4 Å². The van der Waals surface area contributed by atoms with Crippen LogP contribution in [0.3, 0.4) is 0 Å². The van der Waals surface area contributed by atoms with Crippen LogP contribution in [-0.4, -0.2) is 26.7 Å². The quantitative estimate of drug-likeness (QED) is 0.944.